The van der Waals surface area contributed by atoms with Crippen LogP contribution in [0, 0.1) is 11.6 Å². The Morgan fingerprint density at radius 2 is 1.15 bits per heavy atom. The maximum atomic E-state index is 13.7. The molecule has 0 aliphatic rings. The number of halogens is 2. The number of carbonyl (C=O) groups excluding carboxylic acids is 2. The Morgan fingerprint density at radius 3 is 1.57 bits per heavy atom. The quantitative estimate of drug-likeness (QED) is 0.0745. The fraction of sp³-hybridized carbons (Fsp3) is 0.391. The van der Waals surface area contributed by atoms with Crippen LogP contribution in [-0.2, 0) is 18.5 Å². The summed E-state index contributed by atoms with van der Waals surface area (Å²) in [5, 5.41) is 25.8. The second-order valence-electron chi connectivity index (χ2n) is 19.1. The van der Waals surface area contributed by atoms with Gasteiger partial charge in [-0.25, -0.2) is 28.7 Å². The molecule has 8 rings (SSSR count). The van der Waals surface area contributed by atoms with E-state index >= 15 is 0 Å². The summed E-state index contributed by atoms with van der Waals surface area (Å²) in [4.78, 5) is 50.2. The van der Waals surface area contributed by atoms with Crippen molar-refractivity contribution in [2.24, 2.45) is 14.1 Å². The lowest BCUT2D eigenvalue weighted by Crippen LogP contribution is -2.46. The molecule has 0 atom stereocenters. The molecule has 2 amide bonds. The van der Waals surface area contributed by atoms with Crippen molar-refractivity contribution in [3.05, 3.63) is 83.9 Å². The van der Waals surface area contributed by atoms with Gasteiger partial charge in [0, 0.05) is 61.6 Å². The monoisotopic (exact) mass is 906 g/mol. The van der Waals surface area contributed by atoms with Gasteiger partial charge < -0.3 is 30.1 Å². The van der Waals surface area contributed by atoms with Crippen LogP contribution in [0.1, 0.15) is 82.0 Å². The van der Waals surface area contributed by atoms with Gasteiger partial charge in [-0.05, 0) is 95.1 Å². The highest BCUT2D eigenvalue weighted by Crippen LogP contribution is 2.37. The zero-order chi connectivity index (χ0) is 47.2. The first-order valence-corrected chi connectivity index (χ1v) is 24.2. The van der Waals surface area contributed by atoms with Gasteiger partial charge in [0.1, 0.15) is 45.4 Å². The largest absolute Gasteiger partial charge is 0.417 e. The van der Waals surface area contributed by atoms with Crippen LogP contribution in [0.15, 0.2) is 61.2 Å². The van der Waals surface area contributed by atoms with Gasteiger partial charge >= 0.3 is 0 Å². The molecular formula is C46H56F2N12O4Si. The number of aromatic nitrogens is 10. The van der Waals surface area contributed by atoms with Crippen molar-refractivity contribution in [3.8, 4) is 22.8 Å². The zero-order valence-electron chi connectivity index (χ0n) is 38.6. The topological polar surface area (TPSA) is 206 Å². The number of benzene rings is 2. The van der Waals surface area contributed by atoms with Gasteiger partial charge in [0.25, 0.3) is 11.8 Å². The van der Waals surface area contributed by atoms with Gasteiger partial charge in [0.15, 0.2) is 19.6 Å². The third-order valence-corrected chi connectivity index (χ3v) is 16.5. The van der Waals surface area contributed by atoms with Crippen molar-refractivity contribution in [2.45, 2.75) is 90.5 Å². The van der Waals surface area contributed by atoms with Gasteiger partial charge in [-0.2, -0.15) is 10.2 Å². The molecule has 6 heterocycles. The maximum absolute atomic E-state index is 13.7. The van der Waals surface area contributed by atoms with Crippen molar-refractivity contribution in [1.82, 2.24) is 60.1 Å². The number of amides is 2. The summed E-state index contributed by atoms with van der Waals surface area (Å²) in [6, 6.07) is 8.95. The minimum absolute atomic E-state index is 0.0293. The van der Waals surface area contributed by atoms with E-state index in [4.69, 9.17) is 9.41 Å². The predicted octanol–water partition coefficient (Wildman–Crippen LogP) is 8.11. The molecular weight excluding hydrogens is 851 g/mol. The third kappa shape index (κ3) is 9.81. The number of aryl methyl sites for hydroxylation is 2. The smallest absolute Gasteiger partial charge is 0.255 e. The number of carbonyl (C=O) groups is 2. The van der Waals surface area contributed by atoms with Gasteiger partial charge in [-0.1, -0.05) is 20.8 Å². The molecule has 0 aliphatic carbocycles. The molecule has 16 nitrogen and oxygen atoms in total. The summed E-state index contributed by atoms with van der Waals surface area (Å²) in [5.41, 5.74) is 5.00. The minimum Gasteiger partial charge on any atom is -0.417 e. The van der Waals surface area contributed by atoms with Crippen LogP contribution in [-0.4, -0.2) is 99.0 Å². The number of aliphatic hydroxyl groups is 1. The lowest BCUT2D eigenvalue weighted by molar-refractivity contribution is 0.0891. The Balaban J connectivity index is 0.000000198. The van der Waals surface area contributed by atoms with Crippen molar-refractivity contribution < 1.29 is 27.9 Å². The van der Waals surface area contributed by atoms with Crippen LogP contribution < -0.4 is 10.6 Å². The molecule has 0 fully saturated rings. The normalized spacial score (nSPS) is 12.6. The Morgan fingerprint density at radius 1 is 0.723 bits per heavy atom. The number of aliphatic hydroxyl groups excluding tert-OH is 1. The first kappa shape index (κ1) is 46.5. The molecule has 0 bridgehead atoms. The molecule has 0 spiro atoms. The molecule has 65 heavy (non-hydrogen) atoms. The molecule has 5 N–H and O–H groups in total. The Labute approximate surface area is 375 Å². The molecule has 0 unspecified atom stereocenters. The lowest BCUT2D eigenvalue weighted by atomic mass is 10.0. The number of nitrogens with one attached hydrogen (secondary N) is 4. The van der Waals surface area contributed by atoms with E-state index in [2.05, 4.69) is 79.6 Å². The number of fused-ring (bicyclic) bond motifs is 4. The fourth-order valence-corrected chi connectivity index (χ4v) is 8.17. The van der Waals surface area contributed by atoms with Crippen LogP contribution in [0.25, 0.3) is 66.9 Å². The summed E-state index contributed by atoms with van der Waals surface area (Å²) < 4.78 is 36.8. The highest BCUT2D eigenvalue weighted by molar-refractivity contribution is 6.74. The maximum Gasteiger partial charge on any atom is 0.255 e. The van der Waals surface area contributed by atoms with E-state index in [-0.39, 0.29) is 35.1 Å². The van der Waals surface area contributed by atoms with Crippen molar-refractivity contribution in [3.63, 3.8) is 0 Å². The van der Waals surface area contributed by atoms with Crippen LogP contribution >= 0.6 is 0 Å². The summed E-state index contributed by atoms with van der Waals surface area (Å²) in [7, 11) is 1.63. The molecule has 0 radical (unpaired) electrons. The molecule has 342 valence electrons. The third-order valence-electron chi connectivity index (χ3n) is 12.0. The number of hydrogen-bond acceptors (Lipinski definition) is 10. The number of nitrogens with zero attached hydrogens (tertiary/aromatic N) is 8. The van der Waals surface area contributed by atoms with Gasteiger partial charge in [0.05, 0.1) is 34.6 Å². The Bertz CT molecular complexity index is 3070. The average molecular weight is 907 g/mol. The second-order valence-corrected chi connectivity index (χ2v) is 23.9. The van der Waals surface area contributed by atoms with Crippen LogP contribution in [0.3, 0.4) is 0 Å². The molecule has 8 aromatic rings. The Hall–Kier alpha value is -6.44. The van der Waals surface area contributed by atoms with Gasteiger partial charge in [-0.15, -0.1) is 0 Å². The SMILES string of the molecule is Cn1nc(-c2cnc3[nH]cc(C(=O)NC(C)(C)CCO)c3n2)c2ccc(F)cc21.Cn1nc(-c2cnc3[nH]cc(C(=O)NC(C)(C)CCO[Si](C)(C)C(C)(C)C)c3n2)c2ccc(F)cc21. The first-order valence-electron chi connectivity index (χ1n) is 21.3. The predicted molar refractivity (Wildman–Crippen MR) is 250 cm³/mol. The van der Waals surface area contributed by atoms with Crippen molar-refractivity contribution in [1.29, 1.82) is 0 Å². The van der Waals surface area contributed by atoms with E-state index in [0.29, 0.717) is 86.7 Å². The van der Waals surface area contributed by atoms with E-state index < -0.39 is 19.4 Å². The van der Waals surface area contributed by atoms with Crippen LogP contribution in [0.2, 0.25) is 18.1 Å². The molecule has 0 aliphatic heterocycles. The summed E-state index contributed by atoms with van der Waals surface area (Å²) in [5.74, 6) is -1.23. The Kier molecular flexibility index (Phi) is 12.5. The van der Waals surface area contributed by atoms with E-state index in [9.17, 15) is 23.5 Å². The van der Waals surface area contributed by atoms with E-state index in [1.807, 2.05) is 27.7 Å². The molecule has 0 saturated carbocycles. The number of aromatic amines is 2. The molecule has 19 heteroatoms. The lowest BCUT2D eigenvalue weighted by Gasteiger charge is -2.37. The average Bonchev–Trinajstić information content (AvgIpc) is 4.00. The van der Waals surface area contributed by atoms with E-state index in [1.54, 1.807) is 60.4 Å². The first-order chi connectivity index (χ1) is 30.5. The molecule has 2 aromatic carbocycles. The van der Waals surface area contributed by atoms with Crippen LogP contribution in [0.4, 0.5) is 8.78 Å². The number of hydrogen-bond donors (Lipinski definition) is 5. The van der Waals surface area contributed by atoms with Crippen molar-refractivity contribution >= 4 is 64.3 Å². The number of H-pyrrole nitrogens is 2. The van der Waals surface area contributed by atoms with Gasteiger partial charge in [0.2, 0.25) is 0 Å². The number of rotatable bonds is 12. The molecule has 6 aromatic heterocycles. The second kappa shape index (κ2) is 17.5. The van der Waals surface area contributed by atoms with E-state index in [0.717, 1.165) is 10.8 Å². The fourth-order valence-electron chi connectivity index (χ4n) is 7.13. The minimum atomic E-state index is -1.86. The standard InChI is InChI=1S/C26H35FN6O2Si.C20H21FN6O2/c1-25(2,3)36(7,8)35-12-11-26(4,5)31-24(34)18-14-28-23-22(18)30-19(15-29-23)21-17-10-9-16(27)13-20(17)33(6)32-21;1-20(2,6-7-28)25-19(29)13-9-22-18-17(13)24-14(10-23-18)16-12-5-4-11(21)8-15(12)27(3)26-16/h9-10,13-15H,11-12H2,1-8H3,(H,28,29)(H,31,34);4-5,8-10,28H,6-7H2,1-3H3,(H,22,23)(H,25,29). The van der Waals surface area contributed by atoms with Crippen molar-refractivity contribution in [2.75, 3.05) is 13.2 Å². The summed E-state index contributed by atoms with van der Waals surface area (Å²) in [6.07, 6.45) is 7.47. The summed E-state index contributed by atoms with van der Waals surface area (Å²) in [6.45, 7) is 19.3. The molecule has 0 saturated heterocycles. The highest BCUT2D eigenvalue weighted by Gasteiger charge is 2.37. The van der Waals surface area contributed by atoms with Crippen LogP contribution in [0.5, 0.6) is 0 Å². The summed E-state index contributed by atoms with van der Waals surface area (Å²) >= 11 is 0. The zero-order valence-corrected chi connectivity index (χ0v) is 39.6. The van der Waals surface area contributed by atoms with E-state index in [1.165, 1.54) is 24.3 Å². The van der Waals surface area contributed by atoms with Gasteiger partial charge in [-0.3, -0.25) is 19.0 Å². The highest BCUT2D eigenvalue weighted by atomic mass is 28.4.